The van der Waals surface area contributed by atoms with Gasteiger partial charge in [0.2, 0.25) is 15.9 Å². The maximum absolute atomic E-state index is 12.4. The first-order chi connectivity index (χ1) is 9.94. The second kappa shape index (κ2) is 6.41. The fraction of sp³-hybridized carbons (Fsp3) is 0.400. The Labute approximate surface area is 125 Å². The van der Waals surface area contributed by atoms with Crippen LogP contribution in [0.25, 0.3) is 6.08 Å². The molecule has 0 aliphatic heterocycles. The first-order valence-electron chi connectivity index (χ1n) is 7.02. The minimum absolute atomic E-state index is 0.321. The molecule has 1 aromatic rings. The number of aryl methyl sites for hydroxylation is 1. The van der Waals surface area contributed by atoms with Crippen LogP contribution in [0.3, 0.4) is 0 Å². The maximum atomic E-state index is 12.4. The lowest BCUT2D eigenvalue weighted by Gasteiger charge is -2.19. The van der Waals surface area contributed by atoms with Gasteiger partial charge in [0.05, 0.1) is 10.9 Å². The van der Waals surface area contributed by atoms with Gasteiger partial charge in [-0.25, -0.2) is 8.42 Å². The molecule has 1 aliphatic rings. The number of amides is 1. The lowest BCUT2D eigenvalue weighted by atomic mass is 9.98. The van der Waals surface area contributed by atoms with Gasteiger partial charge in [0.25, 0.3) is 0 Å². The Hall–Kier alpha value is -1.66. The van der Waals surface area contributed by atoms with Crippen LogP contribution in [0, 0.1) is 0 Å². The van der Waals surface area contributed by atoms with Gasteiger partial charge in [-0.15, -0.1) is 0 Å². The van der Waals surface area contributed by atoms with Crippen molar-refractivity contribution < 1.29 is 13.2 Å². The average molecular weight is 308 g/mol. The zero-order valence-electron chi connectivity index (χ0n) is 12.2. The molecule has 0 radical (unpaired) electrons. The summed E-state index contributed by atoms with van der Waals surface area (Å²) < 4.78 is 27.1. The van der Waals surface area contributed by atoms with Gasteiger partial charge in [-0.3, -0.25) is 4.79 Å². The summed E-state index contributed by atoms with van der Waals surface area (Å²) in [6.07, 6.45) is 2.83. The van der Waals surface area contributed by atoms with Crippen molar-refractivity contribution in [2.24, 2.45) is 0 Å². The van der Waals surface area contributed by atoms with E-state index in [1.807, 2.05) is 24.3 Å². The third-order valence-corrected chi connectivity index (χ3v) is 5.11. The molecule has 0 fully saturated rings. The molecule has 0 aromatic heterocycles. The first kappa shape index (κ1) is 15.7. The summed E-state index contributed by atoms with van der Waals surface area (Å²) in [4.78, 5) is 12.0. The fourth-order valence-electron chi connectivity index (χ4n) is 2.31. The van der Waals surface area contributed by atoms with Crippen LogP contribution in [-0.4, -0.2) is 26.9 Å². The Morgan fingerprint density at radius 1 is 1.29 bits per heavy atom. The van der Waals surface area contributed by atoms with Crippen LogP contribution in [-0.2, 0) is 21.2 Å². The van der Waals surface area contributed by atoms with Crippen molar-refractivity contribution in [3.05, 3.63) is 40.3 Å². The molecule has 114 valence electrons. The number of carbonyl (C=O) groups excluding carboxylic acids is 1. The third kappa shape index (κ3) is 3.71. The number of hydrogen-bond donors (Lipinski definition) is 2. The average Bonchev–Trinajstić information content (AvgIpc) is 2.46. The van der Waals surface area contributed by atoms with Crippen LogP contribution in [0.4, 0.5) is 0 Å². The number of likely N-dealkylation sites (N-methyl/N-ethyl adjacent to an activating group) is 1. The van der Waals surface area contributed by atoms with Gasteiger partial charge in [-0.05, 0) is 43.9 Å². The van der Waals surface area contributed by atoms with Gasteiger partial charge in [0.1, 0.15) is 0 Å². The molecule has 1 amide bonds. The monoisotopic (exact) mass is 308 g/mol. The molecule has 0 spiro atoms. The molecule has 0 heterocycles. The lowest BCUT2D eigenvalue weighted by molar-refractivity contribution is -0.122. The van der Waals surface area contributed by atoms with E-state index in [0.717, 1.165) is 11.1 Å². The normalized spacial score (nSPS) is 15.8. The van der Waals surface area contributed by atoms with Gasteiger partial charge in [0.15, 0.2) is 0 Å². The van der Waals surface area contributed by atoms with E-state index in [0.29, 0.717) is 24.3 Å². The molecule has 0 unspecified atom stereocenters. The molecule has 0 bridgehead atoms. The van der Waals surface area contributed by atoms with Crippen molar-refractivity contribution in [3.63, 3.8) is 0 Å². The third-order valence-electron chi connectivity index (χ3n) is 3.43. The molecule has 1 atom stereocenters. The highest BCUT2D eigenvalue weighted by Crippen LogP contribution is 2.26. The number of carbonyl (C=O) groups is 1. The van der Waals surface area contributed by atoms with Crippen molar-refractivity contribution in [1.82, 2.24) is 10.0 Å². The van der Waals surface area contributed by atoms with Crippen LogP contribution < -0.4 is 10.0 Å². The SMILES string of the molecule is CCNC(=O)[C@@H](C)NS(=O)(=O)C1=Cc2ccccc2CC1. The summed E-state index contributed by atoms with van der Waals surface area (Å²) in [6.45, 7) is 3.81. The Bertz CT molecular complexity index is 665. The summed E-state index contributed by atoms with van der Waals surface area (Å²) in [5.41, 5.74) is 2.07. The zero-order valence-corrected chi connectivity index (χ0v) is 13.0. The molecule has 0 saturated heterocycles. The lowest BCUT2D eigenvalue weighted by Crippen LogP contribution is -2.45. The number of fused-ring (bicyclic) bond motifs is 1. The molecule has 5 nitrogen and oxygen atoms in total. The van der Waals surface area contributed by atoms with Crippen molar-refractivity contribution in [3.8, 4) is 0 Å². The summed E-state index contributed by atoms with van der Waals surface area (Å²) in [5.74, 6) is -0.321. The van der Waals surface area contributed by atoms with Gasteiger partial charge in [-0.1, -0.05) is 24.3 Å². The van der Waals surface area contributed by atoms with E-state index in [1.165, 1.54) is 0 Å². The highest BCUT2D eigenvalue weighted by atomic mass is 32.2. The van der Waals surface area contributed by atoms with E-state index < -0.39 is 16.1 Å². The molecule has 1 aromatic carbocycles. The largest absolute Gasteiger partial charge is 0.355 e. The predicted molar refractivity (Wildman–Crippen MR) is 82.9 cm³/mol. The molecular weight excluding hydrogens is 288 g/mol. The Morgan fingerprint density at radius 3 is 2.71 bits per heavy atom. The fourth-order valence-corrected chi connectivity index (χ4v) is 3.68. The van der Waals surface area contributed by atoms with Crippen LogP contribution >= 0.6 is 0 Å². The first-order valence-corrected chi connectivity index (χ1v) is 8.51. The summed E-state index contributed by atoms with van der Waals surface area (Å²) in [5, 5.41) is 2.60. The van der Waals surface area contributed by atoms with Crippen LogP contribution in [0.1, 0.15) is 31.4 Å². The highest BCUT2D eigenvalue weighted by molar-refractivity contribution is 7.93. The molecule has 2 N–H and O–H groups in total. The second-order valence-electron chi connectivity index (χ2n) is 5.05. The zero-order chi connectivity index (χ0) is 15.5. The van der Waals surface area contributed by atoms with Crippen molar-refractivity contribution >= 4 is 22.0 Å². The predicted octanol–water partition coefficient (Wildman–Crippen LogP) is 1.42. The number of allylic oxidation sites excluding steroid dienone is 1. The Balaban J connectivity index is 2.18. The van der Waals surface area contributed by atoms with Gasteiger partial charge in [-0.2, -0.15) is 4.72 Å². The molecule has 6 heteroatoms. The van der Waals surface area contributed by atoms with E-state index in [2.05, 4.69) is 10.0 Å². The van der Waals surface area contributed by atoms with Gasteiger partial charge < -0.3 is 5.32 Å². The smallest absolute Gasteiger partial charge is 0.237 e. The summed E-state index contributed by atoms with van der Waals surface area (Å²) >= 11 is 0. The van der Waals surface area contributed by atoms with Crippen molar-refractivity contribution in [2.45, 2.75) is 32.7 Å². The molecule has 21 heavy (non-hydrogen) atoms. The molecular formula is C15H20N2O3S. The van der Waals surface area contributed by atoms with Crippen LogP contribution in [0.2, 0.25) is 0 Å². The maximum Gasteiger partial charge on any atom is 0.237 e. The number of benzene rings is 1. The second-order valence-corrected chi connectivity index (χ2v) is 6.81. The summed E-state index contributed by atoms with van der Waals surface area (Å²) in [6, 6.07) is 6.95. The number of hydrogen-bond acceptors (Lipinski definition) is 3. The quantitative estimate of drug-likeness (QED) is 0.864. The minimum Gasteiger partial charge on any atom is -0.355 e. The topological polar surface area (TPSA) is 75.3 Å². The van der Waals surface area contributed by atoms with Gasteiger partial charge >= 0.3 is 0 Å². The summed E-state index contributed by atoms with van der Waals surface area (Å²) in [7, 11) is -3.64. The van der Waals surface area contributed by atoms with Crippen LogP contribution in [0.15, 0.2) is 29.2 Å². The Kier molecular flexibility index (Phi) is 4.80. The van der Waals surface area contributed by atoms with Gasteiger partial charge in [0, 0.05) is 6.54 Å². The van der Waals surface area contributed by atoms with E-state index in [-0.39, 0.29) is 5.91 Å². The van der Waals surface area contributed by atoms with E-state index in [4.69, 9.17) is 0 Å². The van der Waals surface area contributed by atoms with Crippen molar-refractivity contribution in [1.29, 1.82) is 0 Å². The van der Waals surface area contributed by atoms with E-state index >= 15 is 0 Å². The standard InChI is InChI=1S/C15H20N2O3S/c1-3-16-15(18)11(2)17-21(19,20)14-9-8-12-6-4-5-7-13(12)10-14/h4-7,10-11,17H,3,8-9H2,1-2H3,(H,16,18)/t11-/m1/s1. The number of sulfonamides is 1. The van der Waals surface area contributed by atoms with Crippen LogP contribution in [0.5, 0.6) is 0 Å². The molecule has 0 saturated carbocycles. The Morgan fingerprint density at radius 2 is 2.00 bits per heavy atom. The van der Waals surface area contributed by atoms with Crippen molar-refractivity contribution in [2.75, 3.05) is 6.54 Å². The van der Waals surface area contributed by atoms with E-state index in [1.54, 1.807) is 19.9 Å². The molecule has 2 rings (SSSR count). The number of nitrogens with one attached hydrogen (secondary N) is 2. The van der Waals surface area contributed by atoms with E-state index in [9.17, 15) is 13.2 Å². The number of rotatable bonds is 5. The highest BCUT2D eigenvalue weighted by Gasteiger charge is 2.25. The minimum atomic E-state index is -3.64. The molecule has 1 aliphatic carbocycles.